The van der Waals surface area contributed by atoms with E-state index in [0.29, 0.717) is 0 Å². The fourth-order valence-electron chi connectivity index (χ4n) is 1.24. The second-order valence-corrected chi connectivity index (χ2v) is 3.07. The van der Waals surface area contributed by atoms with E-state index in [1.807, 2.05) is 0 Å². The van der Waals surface area contributed by atoms with Crippen molar-refractivity contribution in [2.75, 3.05) is 5.73 Å². The smallest absolute Gasteiger partial charge is 0.387 e. The first-order valence-electron chi connectivity index (χ1n) is 4.37. The Hall–Kier alpha value is -2.25. The van der Waals surface area contributed by atoms with E-state index in [2.05, 4.69) is 4.74 Å². The monoisotopic (exact) mass is 246 g/mol. The number of hydrogen-bond acceptors (Lipinski definition) is 5. The Morgan fingerprint density at radius 3 is 2.53 bits per heavy atom. The molecule has 0 amide bonds. The van der Waals surface area contributed by atoms with E-state index >= 15 is 0 Å². The zero-order valence-corrected chi connectivity index (χ0v) is 8.65. The minimum atomic E-state index is -3.22. The summed E-state index contributed by atoms with van der Waals surface area (Å²) < 4.78 is 28.3. The van der Waals surface area contributed by atoms with Gasteiger partial charge in [-0.15, -0.1) is 0 Å². The molecule has 0 aliphatic carbocycles. The van der Waals surface area contributed by atoms with Crippen LogP contribution < -0.4 is 10.5 Å². The number of hydrogen-bond donors (Lipinski definition) is 1. The molecule has 0 aliphatic rings. The number of ketones is 1. The van der Waals surface area contributed by atoms with Crippen LogP contribution >= 0.6 is 0 Å². The number of anilines is 1. The van der Waals surface area contributed by atoms with Gasteiger partial charge in [-0.25, -0.2) is 0 Å². The molecule has 1 aromatic rings. The summed E-state index contributed by atoms with van der Waals surface area (Å²) in [6.45, 7) is -2.11. The third-order valence-electron chi connectivity index (χ3n) is 1.96. The van der Waals surface area contributed by atoms with Crippen molar-refractivity contribution in [2.24, 2.45) is 0 Å². The molecule has 0 atom stereocenters. The first-order chi connectivity index (χ1) is 7.84. The van der Waals surface area contributed by atoms with Gasteiger partial charge in [0.05, 0.1) is 10.5 Å². The van der Waals surface area contributed by atoms with Crippen LogP contribution in [0.15, 0.2) is 12.1 Å². The number of nitrogens with two attached hydrogens (primary N) is 1. The number of ether oxygens (including phenoxy) is 1. The molecule has 0 bridgehead atoms. The van der Waals surface area contributed by atoms with Crippen molar-refractivity contribution in [2.45, 2.75) is 13.5 Å². The predicted molar refractivity (Wildman–Crippen MR) is 54.1 cm³/mol. The van der Waals surface area contributed by atoms with Crippen LogP contribution in [0.1, 0.15) is 17.3 Å². The normalized spacial score (nSPS) is 10.4. The lowest BCUT2D eigenvalue weighted by Crippen LogP contribution is -2.10. The van der Waals surface area contributed by atoms with Crippen LogP contribution in [0.3, 0.4) is 0 Å². The lowest BCUT2D eigenvalue weighted by molar-refractivity contribution is -0.384. The average Bonchev–Trinajstić information content (AvgIpc) is 2.19. The molecule has 0 unspecified atom stereocenters. The molecular weight excluding hydrogens is 238 g/mol. The van der Waals surface area contributed by atoms with E-state index in [0.717, 1.165) is 19.1 Å². The Balaban J connectivity index is 3.41. The lowest BCUT2D eigenvalue weighted by atomic mass is 10.1. The maximum atomic E-state index is 12.1. The summed E-state index contributed by atoms with van der Waals surface area (Å²) >= 11 is 0. The zero-order chi connectivity index (χ0) is 13.2. The second-order valence-electron chi connectivity index (χ2n) is 3.07. The number of alkyl halides is 2. The number of carbonyl (C=O) groups excluding carboxylic acids is 1. The van der Waals surface area contributed by atoms with Crippen LogP contribution in [-0.2, 0) is 0 Å². The SMILES string of the molecule is CC(=O)c1ccc([N+](=O)[O-])c(N)c1OC(F)F. The average molecular weight is 246 g/mol. The molecule has 2 N–H and O–H groups in total. The lowest BCUT2D eigenvalue weighted by Gasteiger charge is -2.11. The van der Waals surface area contributed by atoms with E-state index in [1.165, 1.54) is 0 Å². The molecule has 6 nitrogen and oxygen atoms in total. The number of rotatable bonds is 4. The van der Waals surface area contributed by atoms with Gasteiger partial charge in [-0.1, -0.05) is 0 Å². The minimum absolute atomic E-state index is 0.228. The Morgan fingerprint density at radius 1 is 1.53 bits per heavy atom. The number of Topliss-reactive ketones (excluding diaryl/α,β-unsaturated/α-hetero) is 1. The first-order valence-corrected chi connectivity index (χ1v) is 4.37. The van der Waals surface area contributed by atoms with Crippen molar-refractivity contribution in [3.8, 4) is 5.75 Å². The fourth-order valence-corrected chi connectivity index (χ4v) is 1.24. The van der Waals surface area contributed by atoms with Crippen LogP contribution in [0.5, 0.6) is 5.75 Å². The molecule has 8 heteroatoms. The van der Waals surface area contributed by atoms with Gasteiger partial charge in [-0.3, -0.25) is 14.9 Å². The van der Waals surface area contributed by atoms with Gasteiger partial charge in [-0.2, -0.15) is 8.78 Å². The molecule has 0 aromatic heterocycles. The summed E-state index contributed by atoms with van der Waals surface area (Å²) in [7, 11) is 0. The highest BCUT2D eigenvalue weighted by Gasteiger charge is 2.23. The summed E-state index contributed by atoms with van der Waals surface area (Å²) in [5, 5.41) is 10.5. The van der Waals surface area contributed by atoms with Crippen LogP contribution in [0.25, 0.3) is 0 Å². The summed E-state index contributed by atoms with van der Waals surface area (Å²) in [5.41, 5.74) is 3.90. The Kier molecular flexibility index (Phi) is 3.56. The summed E-state index contributed by atoms with van der Waals surface area (Å²) in [4.78, 5) is 20.8. The van der Waals surface area contributed by atoms with Gasteiger partial charge in [0, 0.05) is 6.07 Å². The fraction of sp³-hybridized carbons (Fsp3) is 0.222. The Bertz CT molecular complexity index is 476. The van der Waals surface area contributed by atoms with Gasteiger partial charge in [0.2, 0.25) is 0 Å². The number of benzene rings is 1. The van der Waals surface area contributed by atoms with Gasteiger partial charge < -0.3 is 10.5 Å². The van der Waals surface area contributed by atoms with Crippen molar-refractivity contribution >= 4 is 17.2 Å². The highest BCUT2D eigenvalue weighted by Crippen LogP contribution is 2.35. The molecule has 0 heterocycles. The topological polar surface area (TPSA) is 95.5 Å². The van der Waals surface area contributed by atoms with Gasteiger partial charge in [-0.05, 0) is 13.0 Å². The van der Waals surface area contributed by atoms with Crippen molar-refractivity contribution in [3.63, 3.8) is 0 Å². The first kappa shape index (κ1) is 12.8. The van der Waals surface area contributed by atoms with Crippen molar-refractivity contribution in [3.05, 3.63) is 27.8 Å². The van der Waals surface area contributed by atoms with Crippen LogP contribution in [-0.4, -0.2) is 17.3 Å². The van der Waals surface area contributed by atoms with E-state index in [4.69, 9.17) is 5.73 Å². The quantitative estimate of drug-likeness (QED) is 0.379. The molecule has 0 fully saturated rings. The summed E-state index contributed by atoms with van der Waals surface area (Å²) in [6, 6.07) is 1.99. The maximum Gasteiger partial charge on any atom is 0.387 e. The highest BCUT2D eigenvalue weighted by atomic mass is 19.3. The van der Waals surface area contributed by atoms with E-state index in [9.17, 15) is 23.7 Å². The van der Waals surface area contributed by atoms with Gasteiger partial charge in [0.1, 0.15) is 0 Å². The summed E-state index contributed by atoms with van der Waals surface area (Å²) in [5.74, 6) is -1.25. The van der Waals surface area contributed by atoms with Crippen LogP contribution in [0, 0.1) is 10.1 Å². The molecule has 0 spiro atoms. The molecule has 17 heavy (non-hydrogen) atoms. The largest absolute Gasteiger partial charge is 0.432 e. The molecule has 0 radical (unpaired) electrons. The number of nitrogens with zero attached hydrogens (tertiary/aromatic N) is 1. The molecule has 1 aromatic carbocycles. The Labute approximate surface area is 94.1 Å². The van der Waals surface area contributed by atoms with E-state index in [-0.39, 0.29) is 5.56 Å². The molecule has 0 saturated heterocycles. The second kappa shape index (κ2) is 4.73. The van der Waals surface area contributed by atoms with Gasteiger partial charge >= 0.3 is 6.61 Å². The van der Waals surface area contributed by atoms with Crippen molar-refractivity contribution < 1.29 is 23.2 Å². The maximum absolute atomic E-state index is 12.1. The van der Waals surface area contributed by atoms with E-state index in [1.54, 1.807) is 0 Å². The number of nitrogen functional groups attached to an aromatic ring is 1. The van der Waals surface area contributed by atoms with Crippen molar-refractivity contribution in [1.82, 2.24) is 0 Å². The van der Waals surface area contributed by atoms with Crippen molar-refractivity contribution in [1.29, 1.82) is 0 Å². The molecular formula is C9H8F2N2O4. The van der Waals surface area contributed by atoms with Crippen LogP contribution in [0.4, 0.5) is 20.2 Å². The standard InChI is InChI=1S/C9H8F2N2O4/c1-4(14)5-2-3-6(13(15)16)7(12)8(5)17-9(10)11/h2-3,9H,12H2,1H3. The number of carbonyl (C=O) groups is 1. The minimum Gasteiger partial charge on any atom is -0.432 e. The number of nitro benzene ring substituents is 1. The third kappa shape index (κ3) is 2.65. The molecule has 1 rings (SSSR count). The van der Waals surface area contributed by atoms with Gasteiger partial charge in [0.25, 0.3) is 5.69 Å². The third-order valence-corrected chi connectivity index (χ3v) is 1.96. The van der Waals surface area contributed by atoms with Crippen LogP contribution in [0.2, 0.25) is 0 Å². The number of halogens is 2. The molecule has 0 saturated carbocycles. The Morgan fingerprint density at radius 2 is 2.12 bits per heavy atom. The molecule has 92 valence electrons. The van der Waals surface area contributed by atoms with Gasteiger partial charge in [0.15, 0.2) is 17.2 Å². The highest BCUT2D eigenvalue weighted by molar-refractivity contribution is 5.99. The summed E-state index contributed by atoms with van der Waals surface area (Å²) in [6.07, 6.45) is 0. The zero-order valence-electron chi connectivity index (χ0n) is 8.65. The molecule has 0 aliphatic heterocycles. The number of nitro groups is 1. The van der Waals surface area contributed by atoms with E-state index < -0.39 is 34.4 Å². The predicted octanol–water partition coefficient (Wildman–Crippen LogP) is 1.98.